The molecule has 1 aliphatic heterocycles. The standard InChI is InChI=1S/C14H21F3O2/c15-14(16,17)12-4-2-1-3-11(12)13(18)9-10-5-7-19-8-6-10/h10-12H,1-9H2. The van der Waals surface area contributed by atoms with E-state index in [2.05, 4.69) is 0 Å². The Morgan fingerprint density at radius 1 is 1.05 bits per heavy atom. The lowest BCUT2D eigenvalue weighted by molar-refractivity contribution is -0.198. The van der Waals surface area contributed by atoms with E-state index < -0.39 is 18.0 Å². The Morgan fingerprint density at radius 3 is 2.32 bits per heavy atom. The van der Waals surface area contributed by atoms with Crippen molar-refractivity contribution in [3.05, 3.63) is 0 Å². The molecule has 5 heteroatoms. The number of alkyl halides is 3. The highest BCUT2D eigenvalue weighted by Gasteiger charge is 2.47. The molecule has 110 valence electrons. The summed E-state index contributed by atoms with van der Waals surface area (Å²) < 4.78 is 44.1. The van der Waals surface area contributed by atoms with Crippen LogP contribution in [-0.4, -0.2) is 25.2 Å². The molecule has 0 aromatic heterocycles. The molecule has 1 saturated heterocycles. The summed E-state index contributed by atoms with van der Waals surface area (Å²) in [7, 11) is 0. The van der Waals surface area contributed by atoms with Gasteiger partial charge in [-0.15, -0.1) is 0 Å². The molecule has 2 nitrogen and oxygen atoms in total. The van der Waals surface area contributed by atoms with Crippen molar-refractivity contribution in [2.45, 2.75) is 51.1 Å². The first-order valence-electron chi connectivity index (χ1n) is 7.15. The molecular formula is C14H21F3O2. The van der Waals surface area contributed by atoms with Crippen LogP contribution >= 0.6 is 0 Å². The Balaban J connectivity index is 1.95. The number of Topliss-reactive ketones (excluding diaryl/α,β-unsaturated/α-hetero) is 1. The maximum atomic E-state index is 13.0. The van der Waals surface area contributed by atoms with Crippen molar-refractivity contribution < 1.29 is 22.7 Å². The molecule has 1 aliphatic carbocycles. The Hall–Kier alpha value is -0.580. The zero-order valence-electron chi connectivity index (χ0n) is 11.0. The van der Waals surface area contributed by atoms with Gasteiger partial charge in [0, 0.05) is 25.6 Å². The van der Waals surface area contributed by atoms with Crippen LogP contribution in [0.15, 0.2) is 0 Å². The SMILES string of the molecule is O=C(CC1CCOCC1)C1CCCCC1C(F)(F)F. The highest BCUT2D eigenvalue weighted by molar-refractivity contribution is 5.81. The molecule has 0 N–H and O–H groups in total. The van der Waals surface area contributed by atoms with Crippen molar-refractivity contribution in [1.29, 1.82) is 0 Å². The van der Waals surface area contributed by atoms with Gasteiger partial charge in [0.1, 0.15) is 5.78 Å². The maximum Gasteiger partial charge on any atom is 0.392 e. The summed E-state index contributed by atoms with van der Waals surface area (Å²) in [4.78, 5) is 12.2. The zero-order valence-corrected chi connectivity index (χ0v) is 11.0. The first kappa shape index (κ1) is 14.8. The van der Waals surface area contributed by atoms with Crippen LogP contribution in [0, 0.1) is 17.8 Å². The predicted molar refractivity (Wildman–Crippen MR) is 64.7 cm³/mol. The van der Waals surface area contributed by atoms with Crippen LogP contribution in [0.4, 0.5) is 13.2 Å². The summed E-state index contributed by atoms with van der Waals surface area (Å²) in [5, 5.41) is 0. The minimum Gasteiger partial charge on any atom is -0.381 e. The molecular weight excluding hydrogens is 257 g/mol. The topological polar surface area (TPSA) is 26.3 Å². The first-order valence-corrected chi connectivity index (χ1v) is 7.15. The Labute approximate surface area is 111 Å². The molecule has 2 rings (SSSR count). The van der Waals surface area contributed by atoms with Gasteiger partial charge < -0.3 is 4.74 Å². The number of ketones is 1. The maximum absolute atomic E-state index is 13.0. The van der Waals surface area contributed by atoms with Crippen LogP contribution in [0.2, 0.25) is 0 Å². The third kappa shape index (κ3) is 3.94. The molecule has 0 spiro atoms. The second-order valence-electron chi connectivity index (χ2n) is 5.77. The summed E-state index contributed by atoms with van der Waals surface area (Å²) in [5.41, 5.74) is 0. The first-order chi connectivity index (χ1) is 8.98. The van der Waals surface area contributed by atoms with Gasteiger partial charge in [0.2, 0.25) is 0 Å². The molecule has 1 heterocycles. The van der Waals surface area contributed by atoms with Gasteiger partial charge in [-0.2, -0.15) is 13.2 Å². The van der Waals surface area contributed by atoms with Gasteiger partial charge in [-0.25, -0.2) is 0 Å². The predicted octanol–water partition coefficient (Wildman–Crippen LogP) is 3.74. The van der Waals surface area contributed by atoms with E-state index in [4.69, 9.17) is 4.74 Å². The molecule has 0 amide bonds. The summed E-state index contributed by atoms with van der Waals surface area (Å²) in [6.45, 7) is 1.26. The Morgan fingerprint density at radius 2 is 1.68 bits per heavy atom. The number of carbonyl (C=O) groups excluding carboxylic acids is 1. The largest absolute Gasteiger partial charge is 0.392 e. The van der Waals surface area contributed by atoms with Crippen LogP contribution in [0.25, 0.3) is 0 Å². The number of rotatable bonds is 3. The quantitative estimate of drug-likeness (QED) is 0.786. The van der Waals surface area contributed by atoms with Crippen LogP contribution in [0.3, 0.4) is 0 Å². The Bertz CT molecular complexity index is 308. The molecule has 2 unspecified atom stereocenters. The highest BCUT2D eigenvalue weighted by atomic mass is 19.4. The van der Waals surface area contributed by atoms with Crippen molar-refractivity contribution in [3.8, 4) is 0 Å². The molecule has 0 radical (unpaired) electrons. The normalized spacial score (nSPS) is 30.3. The number of hydrogen-bond acceptors (Lipinski definition) is 2. The van der Waals surface area contributed by atoms with Crippen molar-refractivity contribution >= 4 is 5.78 Å². The lowest BCUT2D eigenvalue weighted by Crippen LogP contribution is -2.38. The summed E-state index contributed by atoms with van der Waals surface area (Å²) in [6.07, 6.45) is -0.455. The van der Waals surface area contributed by atoms with E-state index in [0.717, 1.165) is 19.3 Å². The fourth-order valence-corrected chi connectivity index (χ4v) is 3.29. The lowest BCUT2D eigenvalue weighted by Gasteiger charge is -2.33. The van der Waals surface area contributed by atoms with E-state index in [1.807, 2.05) is 0 Å². The van der Waals surface area contributed by atoms with E-state index in [9.17, 15) is 18.0 Å². The highest BCUT2D eigenvalue weighted by Crippen LogP contribution is 2.42. The van der Waals surface area contributed by atoms with Crippen LogP contribution in [0.1, 0.15) is 44.9 Å². The van der Waals surface area contributed by atoms with Gasteiger partial charge in [0.05, 0.1) is 5.92 Å². The fraction of sp³-hybridized carbons (Fsp3) is 0.929. The van der Waals surface area contributed by atoms with Gasteiger partial charge in [-0.3, -0.25) is 4.79 Å². The van der Waals surface area contributed by atoms with Crippen molar-refractivity contribution in [2.75, 3.05) is 13.2 Å². The van der Waals surface area contributed by atoms with E-state index in [1.54, 1.807) is 0 Å². The minimum absolute atomic E-state index is 0.119. The van der Waals surface area contributed by atoms with Gasteiger partial charge in [0.25, 0.3) is 0 Å². The molecule has 2 atom stereocenters. The van der Waals surface area contributed by atoms with E-state index in [-0.39, 0.29) is 18.1 Å². The lowest BCUT2D eigenvalue weighted by atomic mass is 9.74. The zero-order chi connectivity index (χ0) is 13.9. The van der Waals surface area contributed by atoms with Crippen LogP contribution in [-0.2, 0) is 9.53 Å². The molecule has 1 saturated carbocycles. The van der Waals surface area contributed by atoms with Crippen molar-refractivity contribution in [1.82, 2.24) is 0 Å². The molecule has 19 heavy (non-hydrogen) atoms. The molecule has 0 bridgehead atoms. The summed E-state index contributed by atoms with van der Waals surface area (Å²) in [6, 6.07) is 0. The average molecular weight is 278 g/mol. The van der Waals surface area contributed by atoms with Gasteiger partial charge in [-0.1, -0.05) is 12.8 Å². The van der Waals surface area contributed by atoms with E-state index in [0.29, 0.717) is 32.5 Å². The van der Waals surface area contributed by atoms with Gasteiger partial charge in [-0.05, 0) is 31.6 Å². The summed E-state index contributed by atoms with van der Waals surface area (Å²) >= 11 is 0. The van der Waals surface area contributed by atoms with Crippen molar-refractivity contribution in [2.24, 2.45) is 17.8 Å². The number of hydrogen-bond donors (Lipinski definition) is 0. The molecule has 0 aromatic carbocycles. The van der Waals surface area contributed by atoms with Crippen LogP contribution < -0.4 is 0 Å². The minimum atomic E-state index is -4.23. The van der Waals surface area contributed by atoms with Crippen molar-refractivity contribution in [3.63, 3.8) is 0 Å². The molecule has 0 aromatic rings. The third-order valence-corrected chi connectivity index (χ3v) is 4.43. The van der Waals surface area contributed by atoms with Gasteiger partial charge in [0.15, 0.2) is 0 Å². The van der Waals surface area contributed by atoms with E-state index in [1.165, 1.54) is 0 Å². The number of carbonyl (C=O) groups is 1. The second-order valence-corrected chi connectivity index (χ2v) is 5.77. The smallest absolute Gasteiger partial charge is 0.381 e. The van der Waals surface area contributed by atoms with Crippen LogP contribution in [0.5, 0.6) is 0 Å². The fourth-order valence-electron chi connectivity index (χ4n) is 3.29. The Kier molecular flexibility index (Phi) is 4.87. The molecule has 2 fully saturated rings. The number of halogens is 3. The second kappa shape index (κ2) is 6.25. The monoisotopic (exact) mass is 278 g/mol. The molecule has 2 aliphatic rings. The summed E-state index contributed by atoms with van der Waals surface area (Å²) in [5.74, 6) is -2.16. The van der Waals surface area contributed by atoms with Gasteiger partial charge >= 0.3 is 6.18 Å². The third-order valence-electron chi connectivity index (χ3n) is 4.43. The van der Waals surface area contributed by atoms with E-state index >= 15 is 0 Å². The number of ether oxygens (including phenoxy) is 1. The average Bonchev–Trinajstić information content (AvgIpc) is 2.39.